The number of nitrogens with zero attached hydrogens (tertiary/aromatic N) is 3. The lowest BCUT2D eigenvalue weighted by molar-refractivity contribution is 0.0697. The minimum Gasteiger partial charge on any atom is -0.478 e. The Kier molecular flexibility index (Phi) is 4.91. The van der Waals surface area contributed by atoms with E-state index >= 15 is 0 Å². The summed E-state index contributed by atoms with van der Waals surface area (Å²) >= 11 is 6.03. The first-order chi connectivity index (χ1) is 13.9. The van der Waals surface area contributed by atoms with E-state index < -0.39 is 5.97 Å². The van der Waals surface area contributed by atoms with Gasteiger partial charge in [0.25, 0.3) is 0 Å². The van der Waals surface area contributed by atoms with Crippen LogP contribution >= 0.6 is 11.6 Å². The Balaban J connectivity index is 1.69. The van der Waals surface area contributed by atoms with Gasteiger partial charge in [-0.1, -0.05) is 17.7 Å². The van der Waals surface area contributed by atoms with Gasteiger partial charge >= 0.3 is 5.97 Å². The van der Waals surface area contributed by atoms with Crippen LogP contribution in [0, 0.1) is 13.8 Å². The Bertz CT molecular complexity index is 1270. The largest absolute Gasteiger partial charge is 0.478 e. The molecule has 0 aliphatic heterocycles. The molecule has 0 aliphatic carbocycles. The number of aliphatic imine (C=N–C) groups is 1. The van der Waals surface area contributed by atoms with Crippen LogP contribution in [-0.4, -0.2) is 26.8 Å². The summed E-state index contributed by atoms with van der Waals surface area (Å²) in [5.74, 6) is -1.06. The second-order valence-corrected chi connectivity index (χ2v) is 7.18. The fraction of sp³-hybridized carbons (Fsp3) is 0.0870. The molecule has 0 radical (unpaired) electrons. The van der Waals surface area contributed by atoms with Gasteiger partial charge in [0.15, 0.2) is 0 Å². The quantitative estimate of drug-likeness (QED) is 0.441. The number of hydrogen-bond acceptors (Lipinski definition) is 3. The highest BCUT2D eigenvalue weighted by Crippen LogP contribution is 2.25. The molecule has 0 spiro atoms. The summed E-state index contributed by atoms with van der Waals surface area (Å²) in [4.78, 5) is 19.9. The van der Waals surface area contributed by atoms with Crippen LogP contribution in [0.5, 0.6) is 0 Å². The zero-order valence-electron chi connectivity index (χ0n) is 15.9. The Labute approximate surface area is 172 Å². The van der Waals surface area contributed by atoms with E-state index in [4.69, 9.17) is 16.7 Å². The maximum absolute atomic E-state index is 11.1. The number of aryl methyl sites for hydroxylation is 1. The number of aromatic nitrogens is 2. The van der Waals surface area contributed by atoms with Crippen LogP contribution < -0.4 is 0 Å². The van der Waals surface area contributed by atoms with E-state index in [1.54, 1.807) is 24.5 Å². The van der Waals surface area contributed by atoms with Gasteiger partial charge in [-0.05, 0) is 62.4 Å². The molecule has 0 aliphatic rings. The molecule has 0 unspecified atom stereocenters. The van der Waals surface area contributed by atoms with E-state index in [0.717, 1.165) is 33.5 Å². The molecule has 5 nitrogen and oxygen atoms in total. The van der Waals surface area contributed by atoms with Crippen molar-refractivity contribution in [1.82, 2.24) is 9.55 Å². The van der Waals surface area contributed by atoms with Crippen LogP contribution in [0.25, 0.3) is 16.6 Å². The van der Waals surface area contributed by atoms with E-state index in [0.29, 0.717) is 5.69 Å². The first kappa shape index (κ1) is 18.9. The summed E-state index contributed by atoms with van der Waals surface area (Å²) in [5.41, 5.74) is 5.81. The van der Waals surface area contributed by atoms with Crippen LogP contribution in [0.15, 0.2) is 65.8 Å². The number of rotatable bonds is 4. The number of carboxylic acids is 1. The number of halogens is 1. The van der Waals surface area contributed by atoms with Crippen molar-refractivity contribution in [3.63, 3.8) is 0 Å². The summed E-state index contributed by atoms with van der Waals surface area (Å²) in [6, 6.07) is 16.9. The summed E-state index contributed by atoms with van der Waals surface area (Å²) in [6.45, 7) is 4.10. The van der Waals surface area contributed by atoms with Crippen molar-refractivity contribution >= 4 is 40.4 Å². The molecule has 2 aromatic carbocycles. The zero-order chi connectivity index (χ0) is 20.5. The van der Waals surface area contributed by atoms with E-state index in [-0.39, 0.29) is 10.6 Å². The molecule has 144 valence electrons. The number of fused-ring (bicyclic) bond motifs is 1. The third-order valence-electron chi connectivity index (χ3n) is 4.85. The predicted octanol–water partition coefficient (Wildman–Crippen LogP) is 5.74. The second-order valence-electron chi connectivity index (χ2n) is 6.77. The number of benzene rings is 2. The lowest BCUT2D eigenvalue weighted by Gasteiger charge is -2.10. The fourth-order valence-corrected chi connectivity index (χ4v) is 3.68. The molecule has 2 aromatic heterocycles. The minimum atomic E-state index is -1.06. The van der Waals surface area contributed by atoms with Gasteiger partial charge in [-0.15, -0.1) is 0 Å². The molecule has 0 fully saturated rings. The van der Waals surface area contributed by atoms with E-state index in [9.17, 15) is 4.79 Å². The van der Waals surface area contributed by atoms with Crippen molar-refractivity contribution in [2.75, 3.05) is 0 Å². The van der Waals surface area contributed by atoms with E-state index in [1.165, 1.54) is 6.07 Å². The molecule has 0 saturated heterocycles. The van der Waals surface area contributed by atoms with Crippen LogP contribution in [0.1, 0.15) is 27.3 Å². The van der Waals surface area contributed by atoms with Gasteiger partial charge in [0.05, 0.1) is 21.8 Å². The van der Waals surface area contributed by atoms with Crippen LogP contribution in [0.3, 0.4) is 0 Å². The van der Waals surface area contributed by atoms with Gasteiger partial charge in [-0.2, -0.15) is 0 Å². The summed E-state index contributed by atoms with van der Waals surface area (Å²) < 4.78 is 2.17. The van der Waals surface area contributed by atoms with Crippen molar-refractivity contribution in [2.24, 2.45) is 4.99 Å². The summed E-state index contributed by atoms with van der Waals surface area (Å²) in [5, 5.41) is 10.3. The number of pyridine rings is 1. The number of carboxylic acid groups (broad SMARTS) is 1. The molecule has 29 heavy (non-hydrogen) atoms. The molecule has 0 amide bonds. The topological polar surface area (TPSA) is 67.5 Å². The SMILES string of the molecule is Cc1cc(C=Nc2ccc(C(=O)O)c(Cl)c2)c(C)n1-c1ccc2ncccc2c1. The van der Waals surface area contributed by atoms with Crippen molar-refractivity contribution in [2.45, 2.75) is 13.8 Å². The van der Waals surface area contributed by atoms with Crippen molar-refractivity contribution in [1.29, 1.82) is 0 Å². The highest BCUT2D eigenvalue weighted by Gasteiger charge is 2.11. The van der Waals surface area contributed by atoms with E-state index in [1.807, 2.05) is 25.1 Å². The van der Waals surface area contributed by atoms with Crippen molar-refractivity contribution in [3.8, 4) is 5.69 Å². The third kappa shape index (κ3) is 3.65. The molecule has 6 heteroatoms. The molecule has 4 aromatic rings. The average Bonchev–Trinajstić information content (AvgIpc) is 2.99. The van der Waals surface area contributed by atoms with Crippen LogP contribution in [0.2, 0.25) is 5.02 Å². The highest BCUT2D eigenvalue weighted by atomic mass is 35.5. The van der Waals surface area contributed by atoms with Gasteiger partial charge in [0.1, 0.15) is 0 Å². The van der Waals surface area contributed by atoms with Gasteiger partial charge in [0.2, 0.25) is 0 Å². The Morgan fingerprint density at radius 2 is 1.97 bits per heavy atom. The second kappa shape index (κ2) is 7.53. The Hall–Kier alpha value is -3.44. The summed E-state index contributed by atoms with van der Waals surface area (Å²) in [7, 11) is 0. The molecular weight excluding hydrogens is 386 g/mol. The highest BCUT2D eigenvalue weighted by molar-refractivity contribution is 6.33. The molecule has 0 saturated carbocycles. The first-order valence-electron chi connectivity index (χ1n) is 9.05. The van der Waals surface area contributed by atoms with Crippen molar-refractivity contribution in [3.05, 3.63) is 88.3 Å². The smallest absolute Gasteiger partial charge is 0.337 e. The van der Waals surface area contributed by atoms with Gasteiger partial charge in [0, 0.05) is 40.4 Å². The molecule has 2 heterocycles. The number of aromatic carboxylic acids is 1. The summed E-state index contributed by atoms with van der Waals surface area (Å²) in [6.07, 6.45) is 3.56. The maximum atomic E-state index is 11.1. The fourth-order valence-electron chi connectivity index (χ4n) is 3.42. The van der Waals surface area contributed by atoms with Gasteiger partial charge in [-0.25, -0.2) is 4.79 Å². The van der Waals surface area contributed by atoms with Crippen LogP contribution in [0.4, 0.5) is 5.69 Å². The minimum absolute atomic E-state index is 0.0644. The standard InChI is InChI=1S/C23H18ClN3O2/c1-14-10-17(13-26-18-5-7-20(23(28)29)21(24)12-18)15(2)27(14)19-6-8-22-16(11-19)4-3-9-25-22/h3-13H,1-2H3,(H,28,29). The van der Waals surface area contributed by atoms with Gasteiger partial charge in [-0.3, -0.25) is 9.98 Å². The molecular formula is C23H18ClN3O2. The van der Waals surface area contributed by atoms with Crippen LogP contribution in [-0.2, 0) is 0 Å². The molecule has 1 N–H and O–H groups in total. The zero-order valence-corrected chi connectivity index (χ0v) is 16.7. The number of carbonyl (C=O) groups is 1. The van der Waals surface area contributed by atoms with E-state index in [2.05, 4.69) is 39.7 Å². The third-order valence-corrected chi connectivity index (χ3v) is 5.16. The number of hydrogen-bond donors (Lipinski definition) is 1. The maximum Gasteiger partial charge on any atom is 0.337 e. The first-order valence-corrected chi connectivity index (χ1v) is 9.43. The lowest BCUT2D eigenvalue weighted by atomic mass is 10.2. The molecule has 4 rings (SSSR count). The lowest BCUT2D eigenvalue weighted by Crippen LogP contribution is -1.99. The molecule has 0 bridgehead atoms. The monoisotopic (exact) mass is 403 g/mol. The van der Waals surface area contributed by atoms with Crippen molar-refractivity contribution < 1.29 is 9.90 Å². The Morgan fingerprint density at radius 1 is 1.14 bits per heavy atom. The predicted molar refractivity (Wildman–Crippen MR) is 116 cm³/mol. The Morgan fingerprint density at radius 3 is 2.72 bits per heavy atom. The normalized spacial score (nSPS) is 11.4. The van der Waals surface area contributed by atoms with Gasteiger partial charge < -0.3 is 9.67 Å². The average molecular weight is 404 g/mol. The molecule has 0 atom stereocenters.